The summed E-state index contributed by atoms with van der Waals surface area (Å²) in [4.78, 5) is 13.3. The van der Waals surface area contributed by atoms with Crippen LogP contribution in [-0.4, -0.2) is 51.4 Å². The van der Waals surface area contributed by atoms with Crippen LogP contribution in [0.15, 0.2) is 18.2 Å². The Morgan fingerprint density at radius 1 is 1.43 bits per heavy atom. The van der Waals surface area contributed by atoms with Crippen molar-refractivity contribution in [1.29, 1.82) is 0 Å². The minimum atomic E-state index is -2.86. The Morgan fingerprint density at radius 2 is 2.14 bits per heavy atom. The van der Waals surface area contributed by atoms with E-state index in [4.69, 9.17) is 5.73 Å². The minimum Gasteiger partial charge on any atom is -0.397 e. The van der Waals surface area contributed by atoms with Gasteiger partial charge in [0.05, 0.1) is 22.9 Å². The molecule has 1 atom stereocenters. The van der Waals surface area contributed by atoms with Crippen molar-refractivity contribution < 1.29 is 13.2 Å². The molecule has 0 radical (unpaired) electrons. The van der Waals surface area contributed by atoms with Crippen molar-refractivity contribution in [3.63, 3.8) is 0 Å². The lowest BCUT2D eigenvalue weighted by molar-refractivity contribution is 0.0827. The fraction of sp³-hybridized carbons (Fsp3) is 0.500. The molecule has 1 aliphatic rings. The molecule has 21 heavy (non-hydrogen) atoms. The molecule has 1 amide bonds. The maximum atomic E-state index is 11.8. The van der Waals surface area contributed by atoms with E-state index in [0.29, 0.717) is 24.2 Å². The second-order valence-electron chi connectivity index (χ2n) is 5.65. The van der Waals surface area contributed by atoms with Crippen molar-refractivity contribution >= 4 is 27.1 Å². The number of hydrogen-bond donors (Lipinski definition) is 2. The van der Waals surface area contributed by atoms with Crippen molar-refractivity contribution in [2.24, 2.45) is 5.92 Å². The predicted molar refractivity (Wildman–Crippen MR) is 84.1 cm³/mol. The van der Waals surface area contributed by atoms with E-state index in [9.17, 15) is 13.2 Å². The van der Waals surface area contributed by atoms with Crippen LogP contribution in [0.4, 0.5) is 11.4 Å². The van der Waals surface area contributed by atoms with Crippen LogP contribution >= 0.6 is 0 Å². The van der Waals surface area contributed by atoms with Gasteiger partial charge in [-0.2, -0.15) is 0 Å². The normalized spacial score (nSPS) is 20.2. The molecular formula is C14H21N3O3S. The van der Waals surface area contributed by atoms with E-state index in [1.165, 1.54) is 4.90 Å². The summed E-state index contributed by atoms with van der Waals surface area (Å²) in [6, 6.07) is 5.11. The number of anilines is 2. The molecule has 6 nitrogen and oxygen atoms in total. The first-order valence-corrected chi connectivity index (χ1v) is 8.66. The number of nitrogens with one attached hydrogen (secondary N) is 1. The molecule has 1 unspecified atom stereocenters. The molecule has 0 spiro atoms. The number of benzene rings is 1. The van der Waals surface area contributed by atoms with Gasteiger partial charge >= 0.3 is 0 Å². The maximum absolute atomic E-state index is 11.8. The van der Waals surface area contributed by atoms with Crippen LogP contribution < -0.4 is 11.1 Å². The van der Waals surface area contributed by atoms with Crippen LogP contribution in [-0.2, 0) is 9.84 Å². The number of nitrogens with two attached hydrogens (primary N) is 1. The Kier molecular flexibility index (Phi) is 4.41. The van der Waals surface area contributed by atoms with Crippen molar-refractivity contribution in [3.05, 3.63) is 23.8 Å². The highest BCUT2D eigenvalue weighted by Gasteiger charge is 2.27. The van der Waals surface area contributed by atoms with Crippen LogP contribution in [0.5, 0.6) is 0 Å². The molecule has 0 aliphatic carbocycles. The summed E-state index contributed by atoms with van der Waals surface area (Å²) in [5, 5.41) is 3.17. The second-order valence-corrected chi connectivity index (χ2v) is 7.88. The SMILES string of the molecule is CN(C)C(=O)c1ccc(NCC2CCS(=O)(=O)C2)c(N)c1. The van der Waals surface area contributed by atoms with Crippen molar-refractivity contribution in [2.45, 2.75) is 6.42 Å². The van der Waals surface area contributed by atoms with Crippen LogP contribution in [0.2, 0.25) is 0 Å². The molecule has 0 saturated carbocycles. The average molecular weight is 311 g/mol. The van der Waals surface area contributed by atoms with Crippen LogP contribution in [0, 0.1) is 5.92 Å². The summed E-state index contributed by atoms with van der Waals surface area (Å²) in [6.07, 6.45) is 0.687. The van der Waals surface area contributed by atoms with Gasteiger partial charge in [0.2, 0.25) is 0 Å². The fourth-order valence-electron chi connectivity index (χ4n) is 2.40. The van der Waals surface area contributed by atoms with Gasteiger partial charge in [-0.1, -0.05) is 0 Å². The maximum Gasteiger partial charge on any atom is 0.253 e. The number of hydrogen-bond acceptors (Lipinski definition) is 5. The minimum absolute atomic E-state index is 0.102. The standard InChI is InChI=1S/C14H21N3O3S/c1-17(2)14(18)11-3-4-13(12(15)7-11)16-8-10-5-6-21(19,20)9-10/h3-4,7,10,16H,5-6,8-9,15H2,1-2H3. The van der Waals surface area contributed by atoms with Crippen molar-refractivity contribution in [2.75, 3.05) is 43.2 Å². The summed E-state index contributed by atoms with van der Waals surface area (Å²) >= 11 is 0. The van der Waals surface area contributed by atoms with Gasteiger partial charge in [-0.15, -0.1) is 0 Å². The first-order chi connectivity index (χ1) is 9.78. The lowest BCUT2D eigenvalue weighted by Crippen LogP contribution is -2.22. The highest BCUT2D eigenvalue weighted by Crippen LogP contribution is 2.23. The molecule has 1 heterocycles. The number of amides is 1. The van der Waals surface area contributed by atoms with Gasteiger partial charge in [0.25, 0.3) is 5.91 Å². The summed E-state index contributed by atoms with van der Waals surface area (Å²) < 4.78 is 22.8. The Bertz CT molecular complexity index is 641. The number of rotatable bonds is 4. The Morgan fingerprint density at radius 3 is 2.67 bits per heavy atom. The molecular weight excluding hydrogens is 290 g/mol. The smallest absolute Gasteiger partial charge is 0.253 e. The third-order valence-corrected chi connectivity index (χ3v) is 5.45. The molecule has 0 aromatic heterocycles. The van der Waals surface area contributed by atoms with Gasteiger partial charge in [-0.05, 0) is 30.5 Å². The van der Waals surface area contributed by atoms with Gasteiger partial charge in [0.1, 0.15) is 0 Å². The number of nitrogen functional groups attached to an aromatic ring is 1. The van der Waals surface area contributed by atoms with E-state index in [-0.39, 0.29) is 23.3 Å². The Balaban J connectivity index is 2.00. The topological polar surface area (TPSA) is 92.5 Å². The molecule has 1 aromatic rings. The highest BCUT2D eigenvalue weighted by molar-refractivity contribution is 7.91. The molecule has 1 fully saturated rings. The Hall–Kier alpha value is -1.76. The lowest BCUT2D eigenvalue weighted by Gasteiger charge is -2.15. The van der Waals surface area contributed by atoms with E-state index in [0.717, 1.165) is 5.69 Å². The van der Waals surface area contributed by atoms with Gasteiger partial charge in [-0.3, -0.25) is 4.79 Å². The van der Waals surface area contributed by atoms with Gasteiger partial charge in [0, 0.05) is 26.2 Å². The quantitative estimate of drug-likeness (QED) is 0.803. The first-order valence-electron chi connectivity index (χ1n) is 6.84. The number of sulfone groups is 1. The van der Waals surface area contributed by atoms with Crippen LogP contribution in [0.3, 0.4) is 0 Å². The van der Waals surface area contributed by atoms with Crippen LogP contribution in [0.1, 0.15) is 16.8 Å². The van der Waals surface area contributed by atoms with E-state index < -0.39 is 9.84 Å². The number of carbonyl (C=O) groups is 1. The van der Waals surface area contributed by atoms with E-state index >= 15 is 0 Å². The molecule has 1 aliphatic heterocycles. The third kappa shape index (κ3) is 3.87. The second kappa shape index (κ2) is 5.93. The molecule has 116 valence electrons. The lowest BCUT2D eigenvalue weighted by atomic mass is 10.1. The molecule has 0 bridgehead atoms. The van der Waals surface area contributed by atoms with Crippen molar-refractivity contribution in [1.82, 2.24) is 4.90 Å². The fourth-order valence-corrected chi connectivity index (χ4v) is 4.26. The van der Waals surface area contributed by atoms with E-state index in [2.05, 4.69) is 5.32 Å². The zero-order chi connectivity index (χ0) is 15.6. The van der Waals surface area contributed by atoms with Gasteiger partial charge < -0.3 is 16.0 Å². The first kappa shape index (κ1) is 15.6. The summed E-state index contributed by atoms with van der Waals surface area (Å²) in [7, 11) is 0.513. The zero-order valence-electron chi connectivity index (χ0n) is 12.3. The summed E-state index contributed by atoms with van der Waals surface area (Å²) in [6.45, 7) is 0.574. The molecule has 3 N–H and O–H groups in total. The summed E-state index contributed by atoms with van der Waals surface area (Å²) in [5.74, 6) is 0.523. The molecule has 1 aromatic carbocycles. The number of nitrogens with zero attached hydrogens (tertiary/aromatic N) is 1. The van der Waals surface area contributed by atoms with Gasteiger partial charge in [0.15, 0.2) is 9.84 Å². The van der Waals surface area contributed by atoms with Crippen LogP contribution in [0.25, 0.3) is 0 Å². The molecule has 2 rings (SSSR count). The number of carbonyl (C=O) groups excluding carboxylic acids is 1. The largest absolute Gasteiger partial charge is 0.397 e. The van der Waals surface area contributed by atoms with Crippen molar-refractivity contribution in [3.8, 4) is 0 Å². The Labute approximate surface area is 125 Å². The predicted octanol–water partition coefficient (Wildman–Crippen LogP) is 0.817. The van der Waals surface area contributed by atoms with E-state index in [1.54, 1.807) is 32.3 Å². The summed E-state index contributed by atoms with van der Waals surface area (Å²) in [5.41, 5.74) is 7.70. The monoisotopic (exact) mass is 311 g/mol. The average Bonchev–Trinajstić information content (AvgIpc) is 2.76. The third-order valence-electron chi connectivity index (χ3n) is 3.61. The highest BCUT2D eigenvalue weighted by atomic mass is 32.2. The zero-order valence-corrected chi connectivity index (χ0v) is 13.1. The van der Waals surface area contributed by atoms with Gasteiger partial charge in [-0.25, -0.2) is 8.42 Å². The molecule has 1 saturated heterocycles. The van der Waals surface area contributed by atoms with E-state index in [1.807, 2.05) is 0 Å². The molecule has 7 heteroatoms.